The van der Waals surface area contributed by atoms with Crippen molar-refractivity contribution in [2.24, 2.45) is 10.9 Å². The smallest absolute Gasteiger partial charge is 0.175 e. The Kier molecular flexibility index (Phi) is 2.24. The summed E-state index contributed by atoms with van der Waals surface area (Å²) in [6, 6.07) is 4.07. The maximum atomic E-state index is 4.58. The summed E-state index contributed by atoms with van der Waals surface area (Å²) in [4.78, 5) is 11.2. The molecule has 4 heteroatoms. The van der Waals surface area contributed by atoms with Crippen LogP contribution < -0.4 is 0 Å². The fraction of sp³-hybridized carbons (Fsp3) is 0.333. The minimum absolute atomic E-state index is 0.540. The Bertz CT molecular complexity index is 491. The van der Waals surface area contributed by atoms with Crippen LogP contribution in [0.15, 0.2) is 34.4 Å². The van der Waals surface area contributed by atoms with E-state index in [2.05, 4.69) is 40.2 Å². The highest BCUT2D eigenvalue weighted by Gasteiger charge is 2.28. The van der Waals surface area contributed by atoms with Gasteiger partial charge in [-0.1, -0.05) is 31.7 Å². The molecule has 3 rings (SSSR count). The summed E-state index contributed by atoms with van der Waals surface area (Å²) in [6.07, 6.45) is 1.80. The van der Waals surface area contributed by atoms with Gasteiger partial charge in [-0.3, -0.25) is 0 Å². The molecule has 0 radical (unpaired) electrons. The molecule has 3 heterocycles. The van der Waals surface area contributed by atoms with E-state index in [-0.39, 0.29) is 0 Å². The molecule has 82 valence electrons. The van der Waals surface area contributed by atoms with Gasteiger partial charge in [-0.05, 0) is 17.4 Å². The van der Waals surface area contributed by atoms with Crippen LogP contribution in [0.5, 0.6) is 0 Å². The lowest BCUT2D eigenvalue weighted by Gasteiger charge is -2.27. The van der Waals surface area contributed by atoms with Gasteiger partial charge in [0.15, 0.2) is 11.0 Å². The maximum Gasteiger partial charge on any atom is 0.175 e. The molecule has 2 aliphatic rings. The number of aromatic nitrogens is 1. The Morgan fingerprint density at radius 3 is 3.12 bits per heavy atom. The zero-order valence-electron chi connectivity index (χ0n) is 9.34. The number of fused-ring (bicyclic) bond motifs is 2. The van der Waals surface area contributed by atoms with Crippen molar-refractivity contribution in [1.82, 2.24) is 9.88 Å². The number of thioether (sulfide) groups is 1. The molecule has 0 saturated heterocycles. The predicted octanol–water partition coefficient (Wildman–Crippen LogP) is 3.13. The molecule has 16 heavy (non-hydrogen) atoms. The third-order valence-corrected chi connectivity index (χ3v) is 3.70. The monoisotopic (exact) mass is 231 g/mol. The molecule has 1 aromatic heterocycles. The standard InChI is InChI=1S/C12H13N3S/c1-8(2)10-7-16-12-14-11-9(6-15(10)12)4-3-5-13-11/h3-5,7-8H,6H2,1-2H3. The van der Waals surface area contributed by atoms with Gasteiger partial charge in [0.05, 0.1) is 6.54 Å². The average molecular weight is 231 g/mol. The molecule has 0 atom stereocenters. The van der Waals surface area contributed by atoms with Crippen molar-refractivity contribution in [3.8, 4) is 0 Å². The van der Waals surface area contributed by atoms with E-state index in [0.29, 0.717) is 5.92 Å². The van der Waals surface area contributed by atoms with E-state index < -0.39 is 0 Å². The van der Waals surface area contributed by atoms with Gasteiger partial charge in [-0.15, -0.1) is 0 Å². The molecule has 0 spiro atoms. The van der Waals surface area contributed by atoms with Crippen LogP contribution in [0.1, 0.15) is 19.4 Å². The van der Waals surface area contributed by atoms with Crippen LogP contribution in [0.4, 0.5) is 5.82 Å². The quantitative estimate of drug-likeness (QED) is 0.743. The van der Waals surface area contributed by atoms with Crippen molar-refractivity contribution < 1.29 is 0 Å². The zero-order chi connectivity index (χ0) is 11.1. The molecule has 3 nitrogen and oxygen atoms in total. The predicted molar refractivity (Wildman–Crippen MR) is 67.4 cm³/mol. The maximum absolute atomic E-state index is 4.58. The molecular formula is C12H13N3S. The van der Waals surface area contributed by atoms with Crippen LogP contribution in [0, 0.1) is 5.92 Å². The summed E-state index contributed by atoms with van der Waals surface area (Å²) >= 11 is 1.70. The minimum Gasteiger partial charge on any atom is -0.319 e. The Morgan fingerprint density at radius 1 is 1.44 bits per heavy atom. The fourth-order valence-corrected chi connectivity index (χ4v) is 3.02. The average Bonchev–Trinajstić information content (AvgIpc) is 2.68. The van der Waals surface area contributed by atoms with Crippen LogP contribution in [0.3, 0.4) is 0 Å². The molecule has 1 aromatic rings. The first-order valence-electron chi connectivity index (χ1n) is 5.42. The van der Waals surface area contributed by atoms with E-state index in [4.69, 9.17) is 0 Å². The highest BCUT2D eigenvalue weighted by molar-refractivity contribution is 8.16. The Morgan fingerprint density at radius 2 is 2.31 bits per heavy atom. The van der Waals surface area contributed by atoms with Gasteiger partial charge < -0.3 is 4.90 Å². The van der Waals surface area contributed by atoms with Crippen molar-refractivity contribution in [2.45, 2.75) is 20.4 Å². The lowest BCUT2D eigenvalue weighted by Crippen LogP contribution is -2.28. The second-order valence-corrected chi connectivity index (χ2v) is 5.12. The number of rotatable bonds is 1. The van der Waals surface area contributed by atoms with Crippen molar-refractivity contribution in [1.29, 1.82) is 0 Å². The van der Waals surface area contributed by atoms with Gasteiger partial charge in [-0.25, -0.2) is 9.98 Å². The SMILES string of the molecule is CC(C)C1=CSC2=Nc3ncccc3CN12. The Labute approximate surface area is 99.3 Å². The molecule has 0 N–H and O–H groups in total. The number of aliphatic imine (C=N–C) groups is 1. The highest BCUT2D eigenvalue weighted by Crippen LogP contribution is 2.37. The van der Waals surface area contributed by atoms with E-state index in [1.165, 1.54) is 11.3 Å². The Balaban J connectivity index is 2.00. The molecule has 0 amide bonds. The van der Waals surface area contributed by atoms with Crippen molar-refractivity contribution >= 4 is 22.7 Å². The van der Waals surface area contributed by atoms with Gasteiger partial charge in [-0.2, -0.15) is 0 Å². The molecule has 0 saturated carbocycles. The number of pyridine rings is 1. The van der Waals surface area contributed by atoms with Crippen LogP contribution in [-0.4, -0.2) is 15.1 Å². The van der Waals surface area contributed by atoms with E-state index in [0.717, 1.165) is 17.5 Å². The molecule has 0 aromatic carbocycles. The number of nitrogens with zero attached hydrogens (tertiary/aromatic N) is 3. The van der Waals surface area contributed by atoms with Crippen LogP contribution in [0.2, 0.25) is 0 Å². The Hall–Kier alpha value is -1.29. The number of amidine groups is 1. The first-order valence-corrected chi connectivity index (χ1v) is 6.30. The molecule has 0 fully saturated rings. The number of hydrogen-bond donors (Lipinski definition) is 0. The third-order valence-electron chi connectivity index (χ3n) is 2.82. The van der Waals surface area contributed by atoms with Gasteiger partial charge >= 0.3 is 0 Å². The zero-order valence-corrected chi connectivity index (χ0v) is 10.2. The van der Waals surface area contributed by atoms with E-state index >= 15 is 0 Å². The summed E-state index contributed by atoms with van der Waals surface area (Å²) in [6.45, 7) is 5.33. The van der Waals surface area contributed by atoms with E-state index in [9.17, 15) is 0 Å². The number of allylic oxidation sites excluding steroid dienone is 1. The van der Waals surface area contributed by atoms with Crippen LogP contribution in [0.25, 0.3) is 0 Å². The van der Waals surface area contributed by atoms with Crippen LogP contribution in [-0.2, 0) is 6.54 Å². The second kappa shape index (κ2) is 3.63. The second-order valence-electron chi connectivity index (χ2n) is 4.28. The largest absolute Gasteiger partial charge is 0.319 e. The summed E-state index contributed by atoms with van der Waals surface area (Å²) in [5.41, 5.74) is 2.57. The molecule has 0 bridgehead atoms. The summed E-state index contributed by atoms with van der Waals surface area (Å²) < 4.78 is 0. The third kappa shape index (κ3) is 1.45. The van der Waals surface area contributed by atoms with E-state index in [1.54, 1.807) is 18.0 Å². The number of hydrogen-bond acceptors (Lipinski definition) is 4. The van der Waals surface area contributed by atoms with E-state index in [1.807, 2.05) is 6.07 Å². The van der Waals surface area contributed by atoms with Crippen LogP contribution >= 0.6 is 11.8 Å². The summed E-state index contributed by atoms with van der Waals surface area (Å²) in [5.74, 6) is 1.41. The van der Waals surface area contributed by atoms with Crippen molar-refractivity contribution in [2.75, 3.05) is 0 Å². The summed E-state index contributed by atoms with van der Waals surface area (Å²) in [5, 5.41) is 3.27. The molecule has 0 unspecified atom stereocenters. The summed E-state index contributed by atoms with van der Waals surface area (Å²) in [7, 11) is 0. The normalized spacial score (nSPS) is 18.1. The van der Waals surface area contributed by atoms with Gasteiger partial charge in [0.25, 0.3) is 0 Å². The first kappa shape index (κ1) is 9.90. The first-order chi connectivity index (χ1) is 7.75. The van der Waals surface area contributed by atoms with Crippen molar-refractivity contribution in [3.63, 3.8) is 0 Å². The molecular weight excluding hydrogens is 218 g/mol. The lowest BCUT2D eigenvalue weighted by molar-refractivity contribution is 0.454. The van der Waals surface area contributed by atoms with Crippen molar-refractivity contribution in [3.05, 3.63) is 35.0 Å². The highest BCUT2D eigenvalue weighted by atomic mass is 32.2. The molecule has 2 aliphatic heterocycles. The minimum atomic E-state index is 0.540. The lowest BCUT2D eigenvalue weighted by atomic mass is 10.1. The fourth-order valence-electron chi connectivity index (χ4n) is 1.96. The van der Waals surface area contributed by atoms with Gasteiger partial charge in [0, 0.05) is 17.5 Å². The topological polar surface area (TPSA) is 28.5 Å². The molecule has 0 aliphatic carbocycles. The van der Waals surface area contributed by atoms with Gasteiger partial charge in [0.1, 0.15) is 0 Å². The van der Waals surface area contributed by atoms with Gasteiger partial charge in [0.2, 0.25) is 0 Å².